The minimum absolute atomic E-state index is 0.0998. The number of hydrogen-bond donors (Lipinski definition) is 2. The molecule has 11 nitrogen and oxygen atoms in total. The second kappa shape index (κ2) is 14.1. The lowest BCUT2D eigenvalue weighted by Gasteiger charge is -2.42. The topological polar surface area (TPSA) is 121 Å². The molecule has 0 spiro atoms. The van der Waals surface area contributed by atoms with Crippen molar-refractivity contribution in [1.82, 2.24) is 29.5 Å². The summed E-state index contributed by atoms with van der Waals surface area (Å²) in [5.74, 6) is -1.29. The third-order valence-corrected chi connectivity index (χ3v) is 12.7. The van der Waals surface area contributed by atoms with Gasteiger partial charge in [-0.2, -0.15) is 4.98 Å². The van der Waals surface area contributed by atoms with E-state index >= 15 is 4.39 Å². The van der Waals surface area contributed by atoms with Crippen LogP contribution in [0.3, 0.4) is 0 Å². The quantitative estimate of drug-likeness (QED) is 0.202. The van der Waals surface area contributed by atoms with Gasteiger partial charge in [-0.25, -0.2) is 4.39 Å². The number of imidazole rings is 1. The van der Waals surface area contributed by atoms with E-state index in [-0.39, 0.29) is 35.8 Å². The van der Waals surface area contributed by atoms with E-state index < -0.39 is 23.7 Å². The monoisotopic (exact) mass is 751 g/mol. The van der Waals surface area contributed by atoms with E-state index in [1.807, 2.05) is 18.2 Å². The van der Waals surface area contributed by atoms with Crippen LogP contribution in [0.25, 0.3) is 27.7 Å². The molecule has 3 aliphatic heterocycles. The molecule has 3 saturated heterocycles. The molecule has 54 heavy (non-hydrogen) atoms. The molecule has 1 aliphatic carbocycles. The van der Waals surface area contributed by atoms with Gasteiger partial charge in [-0.15, -0.1) is 0 Å². The minimum atomic E-state index is -0.851. The number of imide groups is 1. The average molecular weight is 752 g/mol. The standard InChI is InChI=1S/C41H43ClFN7O4/c42-30-6-3-7-34-37(30)40(54)46-41-49(27-4-1-2-5-27)35-23-28(9-12-33(35)50(34)41)48-20-16-26(17-21-48)47-18-14-24(15-19-47)25-8-10-29(31(43)22-25)38(52)44-32-11-13-36(51)45-39(32)53/h3,6-10,12,22-24,26-27,32H,1-2,4-5,11,13-21H2,(H,44,52)(H,45,51,53). The lowest BCUT2D eigenvalue weighted by Crippen LogP contribution is -2.52. The van der Waals surface area contributed by atoms with Gasteiger partial charge in [0, 0.05) is 37.3 Å². The molecule has 4 fully saturated rings. The SMILES string of the molecule is O=C1CCC(NC(=O)c2ccc(C3CCN(C4CCN(c5ccc6c(c5)n(C5CCCC5)c5nc(=O)c7c(Cl)cccc7n65)CC4)CC3)cc2F)C(=O)N1. The number of amides is 3. The molecule has 4 aliphatic rings. The van der Waals surface area contributed by atoms with E-state index in [9.17, 15) is 19.2 Å². The number of fused-ring (bicyclic) bond motifs is 5. The predicted octanol–water partition coefficient (Wildman–Crippen LogP) is 6.09. The lowest BCUT2D eigenvalue weighted by atomic mass is 9.87. The number of nitrogens with one attached hydrogen (secondary N) is 2. The zero-order valence-electron chi connectivity index (χ0n) is 30.0. The van der Waals surface area contributed by atoms with Crippen molar-refractivity contribution in [2.75, 3.05) is 31.1 Å². The van der Waals surface area contributed by atoms with Crippen LogP contribution >= 0.6 is 11.6 Å². The molecule has 2 aromatic heterocycles. The first kappa shape index (κ1) is 34.9. The van der Waals surface area contributed by atoms with Gasteiger partial charge in [-0.3, -0.25) is 28.9 Å². The Morgan fingerprint density at radius 2 is 1.61 bits per heavy atom. The number of piperidine rings is 3. The number of hydrogen-bond acceptors (Lipinski definition) is 7. The Kier molecular flexibility index (Phi) is 9.13. The molecule has 1 saturated carbocycles. The molecule has 3 amide bonds. The first-order valence-corrected chi connectivity index (χ1v) is 19.7. The first-order chi connectivity index (χ1) is 26.2. The summed E-state index contributed by atoms with van der Waals surface area (Å²) in [6, 6.07) is 17.0. The maximum absolute atomic E-state index is 15.2. The molecule has 2 N–H and O–H groups in total. The average Bonchev–Trinajstić information content (AvgIpc) is 3.82. The number of benzene rings is 3. The molecule has 280 valence electrons. The summed E-state index contributed by atoms with van der Waals surface area (Å²) < 4.78 is 19.6. The zero-order chi connectivity index (χ0) is 37.1. The maximum Gasteiger partial charge on any atom is 0.283 e. The Hall–Kier alpha value is -4.81. The van der Waals surface area contributed by atoms with Crippen LogP contribution in [0, 0.1) is 5.82 Å². The van der Waals surface area contributed by atoms with Crippen LogP contribution in [0.15, 0.2) is 59.4 Å². The van der Waals surface area contributed by atoms with Crippen molar-refractivity contribution in [3.05, 3.63) is 86.9 Å². The summed E-state index contributed by atoms with van der Waals surface area (Å²) in [5, 5.41) is 5.65. The second-order valence-corrected chi connectivity index (χ2v) is 15.8. The van der Waals surface area contributed by atoms with E-state index in [0.29, 0.717) is 28.3 Å². The van der Waals surface area contributed by atoms with Gasteiger partial charge < -0.3 is 19.7 Å². The van der Waals surface area contributed by atoms with Crippen LogP contribution in [0.2, 0.25) is 5.02 Å². The molecule has 3 aromatic carbocycles. The Morgan fingerprint density at radius 1 is 0.833 bits per heavy atom. The largest absolute Gasteiger partial charge is 0.371 e. The van der Waals surface area contributed by atoms with Gasteiger partial charge in [-0.05, 0) is 112 Å². The van der Waals surface area contributed by atoms with Crippen LogP contribution in [0.5, 0.6) is 0 Å². The van der Waals surface area contributed by atoms with E-state index in [4.69, 9.17) is 11.6 Å². The Labute approximate surface area is 316 Å². The van der Waals surface area contributed by atoms with Gasteiger partial charge >= 0.3 is 0 Å². The molecule has 0 bridgehead atoms. The minimum Gasteiger partial charge on any atom is -0.371 e. The molecule has 1 atom stereocenters. The van der Waals surface area contributed by atoms with Crippen LogP contribution in [-0.4, -0.2) is 74.8 Å². The molecule has 5 heterocycles. The highest BCUT2D eigenvalue weighted by molar-refractivity contribution is 6.35. The van der Waals surface area contributed by atoms with Gasteiger partial charge in [0.05, 0.1) is 32.5 Å². The second-order valence-electron chi connectivity index (χ2n) is 15.4. The van der Waals surface area contributed by atoms with E-state index in [1.54, 1.807) is 6.07 Å². The summed E-state index contributed by atoms with van der Waals surface area (Å²) in [4.78, 5) is 59.2. The number of halogens is 2. The van der Waals surface area contributed by atoms with Crippen LogP contribution < -0.4 is 21.1 Å². The summed E-state index contributed by atoms with van der Waals surface area (Å²) in [5.41, 5.74) is 4.60. The van der Waals surface area contributed by atoms with Gasteiger partial charge in [0.15, 0.2) is 0 Å². The van der Waals surface area contributed by atoms with Crippen molar-refractivity contribution in [2.45, 2.75) is 88.3 Å². The smallest absolute Gasteiger partial charge is 0.283 e. The molecule has 5 aromatic rings. The molecule has 13 heteroatoms. The van der Waals surface area contributed by atoms with Crippen molar-refractivity contribution in [1.29, 1.82) is 0 Å². The third-order valence-electron chi connectivity index (χ3n) is 12.3. The molecule has 0 radical (unpaired) electrons. The highest BCUT2D eigenvalue weighted by atomic mass is 35.5. The van der Waals surface area contributed by atoms with Crippen molar-refractivity contribution in [3.8, 4) is 0 Å². The number of rotatable bonds is 6. The van der Waals surface area contributed by atoms with Crippen molar-refractivity contribution >= 4 is 62.7 Å². The number of likely N-dealkylation sites (tertiary alicyclic amines) is 1. The summed E-state index contributed by atoms with van der Waals surface area (Å²) >= 11 is 6.52. The number of carbonyl (C=O) groups excluding carboxylic acids is 3. The first-order valence-electron chi connectivity index (χ1n) is 19.3. The summed E-state index contributed by atoms with van der Waals surface area (Å²) in [6.45, 7) is 3.77. The third kappa shape index (κ3) is 6.22. The summed E-state index contributed by atoms with van der Waals surface area (Å²) in [7, 11) is 0. The fourth-order valence-corrected chi connectivity index (χ4v) is 9.71. The molecule has 1 unspecified atom stereocenters. The van der Waals surface area contributed by atoms with Crippen LogP contribution in [0.1, 0.15) is 92.1 Å². The van der Waals surface area contributed by atoms with Crippen molar-refractivity contribution < 1.29 is 18.8 Å². The highest BCUT2D eigenvalue weighted by Gasteiger charge is 2.32. The van der Waals surface area contributed by atoms with Gasteiger partial charge in [0.2, 0.25) is 17.6 Å². The number of carbonyl (C=O) groups is 3. The maximum atomic E-state index is 15.2. The van der Waals surface area contributed by atoms with E-state index in [0.717, 1.165) is 86.8 Å². The number of aromatic nitrogens is 3. The Bertz CT molecular complexity index is 2370. The lowest BCUT2D eigenvalue weighted by molar-refractivity contribution is -0.134. The van der Waals surface area contributed by atoms with Crippen LogP contribution in [-0.2, 0) is 9.59 Å². The number of nitrogens with zero attached hydrogens (tertiary/aromatic N) is 5. The van der Waals surface area contributed by atoms with Gasteiger partial charge in [0.1, 0.15) is 11.9 Å². The molecular weight excluding hydrogens is 709 g/mol. The highest BCUT2D eigenvalue weighted by Crippen LogP contribution is 2.38. The van der Waals surface area contributed by atoms with Crippen LogP contribution in [0.4, 0.5) is 10.1 Å². The Morgan fingerprint density at radius 3 is 2.35 bits per heavy atom. The van der Waals surface area contributed by atoms with E-state index in [1.165, 1.54) is 30.7 Å². The molecular formula is C41H43ClFN7O4. The predicted molar refractivity (Wildman–Crippen MR) is 206 cm³/mol. The van der Waals surface area contributed by atoms with Gasteiger partial charge in [-0.1, -0.05) is 36.6 Å². The fourth-order valence-electron chi connectivity index (χ4n) is 9.46. The van der Waals surface area contributed by atoms with E-state index in [2.05, 4.69) is 52.6 Å². The van der Waals surface area contributed by atoms with Gasteiger partial charge in [0.25, 0.3) is 11.5 Å². The fraction of sp³-hybridized carbons (Fsp3) is 0.439. The van der Waals surface area contributed by atoms with Crippen molar-refractivity contribution in [3.63, 3.8) is 0 Å². The Balaban J connectivity index is 0.862. The van der Waals surface area contributed by atoms with Crippen molar-refractivity contribution in [2.24, 2.45) is 0 Å². The zero-order valence-corrected chi connectivity index (χ0v) is 30.8. The summed E-state index contributed by atoms with van der Waals surface area (Å²) in [6.07, 6.45) is 8.75. The normalized spacial score (nSPS) is 21.1. The molecule has 9 rings (SSSR count). The number of anilines is 1.